The van der Waals surface area contributed by atoms with E-state index in [2.05, 4.69) is 5.10 Å². The molecule has 0 radical (unpaired) electrons. The fraction of sp³-hybridized carbons (Fsp3) is 0.0667. The fourth-order valence-corrected chi connectivity index (χ4v) is 2.67. The fourth-order valence-electron chi connectivity index (χ4n) is 2.15. The number of furan rings is 1. The number of primary sulfonamides is 1. The van der Waals surface area contributed by atoms with Crippen LogP contribution >= 0.6 is 0 Å². The molecule has 2 heterocycles. The lowest BCUT2D eigenvalue weighted by Gasteiger charge is -2.11. The summed E-state index contributed by atoms with van der Waals surface area (Å²) in [7, 11) is -3.78. The zero-order valence-electron chi connectivity index (χ0n) is 12.1. The SMILES string of the molecule is CC1=NN(c2ccc(S(N)(=O)=O)cc2)C(=O)/C1=C\c1ccco1. The Morgan fingerprint density at radius 2 is 1.91 bits per heavy atom. The number of hydrogen-bond acceptors (Lipinski definition) is 5. The third-order valence-electron chi connectivity index (χ3n) is 3.30. The van der Waals surface area contributed by atoms with Crippen LogP contribution in [0.4, 0.5) is 5.69 Å². The van der Waals surface area contributed by atoms with Crippen LogP contribution < -0.4 is 10.1 Å². The van der Waals surface area contributed by atoms with E-state index in [0.717, 1.165) is 0 Å². The molecule has 0 atom stereocenters. The predicted octanol–water partition coefficient (Wildman–Crippen LogP) is 1.73. The van der Waals surface area contributed by atoms with E-state index in [1.807, 2.05) is 0 Å². The standard InChI is InChI=1S/C15H13N3O4S/c1-10-14(9-12-3-2-8-22-12)15(19)18(17-10)11-4-6-13(7-5-11)23(16,20)21/h2-9H,1H3,(H2,16,20,21)/b14-9-. The average Bonchev–Trinajstić information content (AvgIpc) is 3.10. The lowest BCUT2D eigenvalue weighted by molar-refractivity contribution is -0.114. The van der Waals surface area contributed by atoms with Crippen molar-refractivity contribution in [1.29, 1.82) is 0 Å². The van der Waals surface area contributed by atoms with Gasteiger partial charge in [-0.3, -0.25) is 4.79 Å². The first-order valence-electron chi connectivity index (χ1n) is 6.64. The summed E-state index contributed by atoms with van der Waals surface area (Å²) in [4.78, 5) is 12.5. The molecule has 0 spiro atoms. The number of carbonyl (C=O) groups is 1. The van der Waals surface area contributed by atoms with Crippen LogP contribution in [0.3, 0.4) is 0 Å². The number of sulfonamides is 1. The zero-order valence-corrected chi connectivity index (χ0v) is 12.9. The summed E-state index contributed by atoms with van der Waals surface area (Å²) < 4.78 is 27.7. The second-order valence-electron chi connectivity index (χ2n) is 4.91. The summed E-state index contributed by atoms with van der Waals surface area (Å²) in [5, 5.41) is 10.5. The van der Waals surface area contributed by atoms with Crippen molar-refractivity contribution in [1.82, 2.24) is 0 Å². The highest BCUT2D eigenvalue weighted by atomic mass is 32.2. The van der Waals surface area contributed by atoms with Crippen molar-refractivity contribution in [3.05, 3.63) is 54.0 Å². The first-order chi connectivity index (χ1) is 10.9. The molecule has 2 aromatic rings. The Labute approximate surface area is 132 Å². The summed E-state index contributed by atoms with van der Waals surface area (Å²) in [5.41, 5.74) is 1.40. The Morgan fingerprint density at radius 1 is 1.22 bits per heavy atom. The van der Waals surface area contributed by atoms with Crippen molar-refractivity contribution >= 4 is 33.4 Å². The first kappa shape index (κ1) is 15.2. The van der Waals surface area contributed by atoms with Gasteiger partial charge in [-0.25, -0.2) is 13.6 Å². The number of rotatable bonds is 3. The first-order valence-corrected chi connectivity index (χ1v) is 8.19. The van der Waals surface area contributed by atoms with E-state index in [1.165, 1.54) is 35.5 Å². The van der Waals surface area contributed by atoms with Gasteiger partial charge in [-0.1, -0.05) is 0 Å². The summed E-state index contributed by atoms with van der Waals surface area (Å²) in [6, 6.07) is 9.07. The summed E-state index contributed by atoms with van der Waals surface area (Å²) in [6.07, 6.45) is 3.13. The van der Waals surface area contributed by atoms with E-state index in [-0.39, 0.29) is 10.8 Å². The molecule has 0 unspecified atom stereocenters. The molecule has 8 heteroatoms. The molecule has 0 bridgehead atoms. The van der Waals surface area contributed by atoms with Crippen LogP contribution in [0.5, 0.6) is 0 Å². The molecule has 3 rings (SSSR count). The highest BCUT2D eigenvalue weighted by molar-refractivity contribution is 7.89. The maximum Gasteiger partial charge on any atom is 0.280 e. The van der Waals surface area contributed by atoms with Crippen LogP contribution in [0.15, 0.2) is 62.6 Å². The topological polar surface area (TPSA) is 106 Å². The van der Waals surface area contributed by atoms with E-state index in [4.69, 9.17) is 9.56 Å². The second-order valence-corrected chi connectivity index (χ2v) is 6.48. The van der Waals surface area contributed by atoms with E-state index in [0.29, 0.717) is 22.7 Å². The monoisotopic (exact) mass is 331 g/mol. The Bertz CT molecular complexity index is 910. The number of nitrogens with zero attached hydrogens (tertiary/aromatic N) is 2. The molecule has 1 aliphatic heterocycles. The maximum absolute atomic E-state index is 12.5. The van der Waals surface area contributed by atoms with Gasteiger partial charge in [0.1, 0.15) is 5.76 Å². The average molecular weight is 331 g/mol. The highest BCUT2D eigenvalue weighted by Gasteiger charge is 2.29. The van der Waals surface area contributed by atoms with Crippen molar-refractivity contribution in [2.24, 2.45) is 10.2 Å². The number of hydrazone groups is 1. The minimum Gasteiger partial charge on any atom is -0.465 e. The van der Waals surface area contributed by atoms with Gasteiger partial charge in [-0.15, -0.1) is 0 Å². The number of amides is 1. The Kier molecular flexibility index (Phi) is 3.63. The Balaban J connectivity index is 1.92. The molecule has 0 saturated heterocycles. The molecule has 0 aliphatic carbocycles. The summed E-state index contributed by atoms with van der Waals surface area (Å²) in [6.45, 7) is 1.71. The molecule has 2 N–H and O–H groups in total. The molecular formula is C15H13N3O4S. The van der Waals surface area contributed by atoms with Gasteiger partial charge in [0.05, 0.1) is 28.1 Å². The molecule has 23 heavy (non-hydrogen) atoms. The van der Waals surface area contributed by atoms with Gasteiger partial charge >= 0.3 is 0 Å². The third-order valence-corrected chi connectivity index (χ3v) is 4.23. The molecule has 0 fully saturated rings. The van der Waals surface area contributed by atoms with Crippen LogP contribution in [-0.2, 0) is 14.8 Å². The summed E-state index contributed by atoms with van der Waals surface area (Å²) in [5.74, 6) is 0.233. The van der Waals surface area contributed by atoms with Crippen LogP contribution in [0.1, 0.15) is 12.7 Å². The number of anilines is 1. The highest BCUT2D eigenvalue weighted by Crippen LogP contribution is 2.25. The van der Waals surface area contributed by atoms with Gasteiger partial charge in [0, 0.05) is 0 Å². The van der Waals surface area contributed by atoms with Crippen LogP contribution in [0.2, 0.25) is 0 Å². The van der Waals surface area contributed by atoms with E-state index < -0.39 is 10.0 Å². The number of benzene rings is 1. The van der Waals surface area contributed by atoms with Gasteiger partial charge in [0.15, 0.2) is 0 Å². The van der Waals surface area contributed by atoms with Crippen molar-refractivity contribution in [2.45, 2.75) is 11.8 Å². The molecule has 1 aromatic heterocycles. The molecule has 118 valence electrons. The Hall–Kier alpha value is -2.71. The smallest absolute Gasteiger partial charge is 0.280 e. The lowest BCUT2D eigenvalue weighted by atomic mass is 10.1. The van der Waals surface area contributed by atoms with Gasteiger partial charge < -0.3 is 4.42 Å². The van der Waals surface area contributed by atoms with Crippen molar-refractivity contribution in [3.8, 4) is 0 Å². The molecule has 0 saturated carbocycles. The lowest BCUT2D eigenvalue weighted by Crippen LogP contribution is -2.21. The van der Waals surface area contributed by atoms with Gasteiger partial charge in [0.2, 0.25) is 10.0 Å². The van der Waals surface area contributed by atoms with Crippen LogP contribution in [0, 0.1) is 0 Å². The minimum absolute atomic E-state index is 0.0278. The van der Waals surface area contributed by atoms with Crippen LogP contribution in [0.25, 0.3) is 6.08 Å². The van der Waals surface area contributed by atoms with Gasteiger partial charge in [0.25, 0.3) is 5.91 Å². The van der Waals surface area contributed by atoms with Crippen molar-refractivity contribution in [3.63, 3.8) is 0 Å². The van der Waals surface area contributed by atoms with Gasteiger partial charge in [-0.05, 0) is 49.4 Å². The van der Waals surface area contributed by atoms with Crippen LogP contribution in [-0.4, -0.2) is 20.0 Å². The molecule has 1 aromatic carbocycles. The molecular weight excluding hydrogens is 318 g/mol. The van der Waals surface area contributed by atoms with Crippen molar-refractivity contribution in [2.75, 3.05) is 5.01 Å². The van der Waals surface area contributed by atoms with E-state index in [1.54, 1.807) is 25.1 Å². The molecule has 7 nitrogen and oxygen atoms in total. The van der Waals surface area contributed by atoms with Crippen molar-refractivity contribution < 1.29 is 17.6 Å². The minimum atomic E-state index is -3.78. The normalized spacial score (nSPS) is 17.0. The number of hydrogen-bond donors (Lipinski definition) is 1. The van der Waals surface area contributed by atoms with E-state index in [9.17, 15) is 13.2 Å². The van der Waals surface area contributed by atoms with E-state index >= 15 is 0 Å². The third kappa shape index (κ3) is 2.94. The maximum atomic E-state index is 12.5. The second kappa shape index (κ2) is 5.49. The van der Waals surface area contributed by atoms with Gasteiger partial charge in [-0.2, -0.15) is 10.1 Å². The quantitative estimate of drug-likeness (QED) is 0.864. The zero-order chi connectivity index (χ0) is 16.6. The number of carbonyl (C=O) groups excluding carboxylic acids is 1. The predicted molar refractivity (Wildman–Crippen MR) is 85.1 cm³/mol. The number of nitrogens with two attached hydrogens (primary N) is 1. The summed E-state index contributed by atoms with van der Waals surface area (Å²) >= 11 is 0. The Morgan fingerprint density at radius 3 is 2.48 bits per heavy atom. The largest absolute Gasteiger partial charge is 0.465 e. The molecule has 1 aliphatic rings. The molecule has 1 amide bonds.